The zero-order valence-electron chi connectivity index (χ0n) is 18.6. The van der Waals surface area contributed by atoms with Crippen molar-refractivity contribution in [2.45, 2.75) is 32.1 Å². The number of nitrogens with zero attached hydrogens (tertiary/aromatic N) is 5. The highest BCUT2D eigenvalue weighted by molar-refractivity contribution is 6.09. The lowest BCUT2D eigenvalue weighted by atomic mass is 9.83. The Labute approximate surface area is 191 Å². The Kier molecular flexibility index (Phi) is 6.43. The van der Waals surface area contributed by atoms with E-state index in [0.29, 0.717) is 61.0 Å². The molecule has 2 aromatic rings. The molecule has 2 aromatic heterocycles. The first-order chi connectivity index (χ1) is 15.9. The molecule has 0 radical (unpaired) electrons. The highest BCUT2D eigenvalue weighted by Gasteiger charge is 2.30. The summed E-state index contributed by atoms with van der Waals surface area (Å²) < 4.78 is 14.3. The van der Waals surface area contributed by atoms with Crippen LogP contribution in [0.1, 0.15) is 38.1 Å². The van der Waals surface area contributed by atoms with Crippen molar-refractivity contribution in [1.82, 2.24) is 25.4 Å². The fraction of sp³-hybridized carbons (Fsp3) is 0.391. The van der Waals surface area contributed by atoms with Gasteiger partial charge in [0.15, 0.2) is 0 Å². The smallest absolute Gasteiger partial charge is 0.252 e. The second kappa shape index (κ2) is 9.43. The zero-order valence-corrected chi connectivity index (χ0v) is 18.6. The number of aromatic nitrogens is 3. The van der Waals surface area contributed by atoms with Gasteiger partial charge in [-0.15, -0.1) is 10.2 Å². The van der Waals surface area contributed by atoms with E-state index in [1.165, 1.54) is 17.2 Å². The summed E-state index contributed by atoms with van der Waals surface area (Å²) in [6.07, 6.45) is 4.16. The van der Waals surface area contributed by atoms with E-state index in [1.54, 1.807) is 24.4 Å². The van der Waals surface area contributed by atoms with Gasteiger partial charge in [-0.3, -0.25) is 19.6 Å². The summed E-state index contributed by atoms with van der Waals surface area (Å²) in [4.78, 5) is 34.3. The van der Waals surface area contributed by atoms with E-state index >= 15 is 0 Å². The average molecular weight is 452 g/mol. The molecule has 33 heavy (non-hydrogen) atoms. The van der Waals surface area contributed by atoms with Crippen LogP contribution in [0, 0.1) is 5.82 Å². The molecule has 4 rings (SSSR count). The molecule has 9 nitrogen and oxygen atoms in total. The number of hydrogen-bond donors (Lipinski definition) is 2. The summed E-state index contributed by atoms with van der Waals surface area (Å²) in [6, 6.07) is 6.56. The first kappa shape index (κ1) is 22.5. The minimum absolute atomic E-state index is 0.0603. The lowest BCUT2D eigenvalue weighted by molar-refractivity contribution is -0.135. The van der Waals surface area contributed by atoms with Gasteiger partial charge in [-0.05, 0) is 30.7 Å². The molecule has 2 amide bonds. The van der Waals surface area contributed by atoms with Crippen LogP contribution in [0.15, 0.2) is 47.2 Å². The number of pyridine rings is 1. The van der Waals surface area contributed by atoms with Crippen LogP contribution in [0.25, 0.3) is 0 Å². The zero-order chi connectivity index (χ0) is 23.4. The van der Waals surface area contributed by atoms with Crippen LogP contribution in [0.3, 0.4) is 0 Å². The predicted molar refractivity (Wildman–Crippen MR) is 121 cm³/mol. The van der Waals surface area contributed by atoms with Crippen LogP contribution in [0.4, 0.5) is 10.2 Å². The molecule has 10 heteroatoms. The molecular formula is C23H26FN7O2. The SMILES string of the molecule is CCC(C)(CNc1ccc(C2=NC=C(C(=O)N3CCNC(=O)C3)C2)nn1)c1ncccc1F. The number of halogens is 1. The normalized spacial score (nSPS) is 17.7. The minimum Gasteiger partial charge on any atom is -0.368 e. The molecule has 0 spiro atoms. The Morgan fingerprint density at radius 2 is 2.15 bits per heavy atom. The lowest BCUT2D eigenvalue weighted by Gasteiger charge is -2.28. The van der Waals surface area contributed by atoms with Crippen LogP contribution in [0.5, 0.6) is 0 Å². The number of rotatable bonds is 7. The third-order valence-electron chi connectivity index (χ3n) is 6.06. The number of nitrogens with one attached hydrogen (secondary N) is 2. The van der Waals surface area contributed by atoms with Gasteiger partial charge in [0.05, 0.1) is 18.0 Å². The molecule has 4 heterocycles. The topological polar surface area (TPSA) is 112 Å². The minimum atomic E-state index is -0.508. The molecule has 1 fully saturated rings. The van der Waals surface area contributed by atoms with E-state index in [1.807, 2.05) is 13.8 Å². The molecule has 1 atom stereocenters. The number of piperazine rings is 1. The van der Waals surface area contributed by atoms with E-state index in [2.05, 4.69) is 30.8 Å². The van der Waals surface area contributed by atoms with Gasteiger partial charge < -0.3 is 15.5 Å². The summed E-state index contributed by atoms with van der Waals surface area (Å²) in [6.45, 7) is 5.38. The molecule has 2 N–H and O–H groups in total. The number of carbonyl (C=O) groups excluding carboxylic acids is 2. The summed E-state index contributed by atoms with van der Waals surface area (Å²) in [5.41, 5.74) is 1.66. The van der Waals surface area contributed by atoms with Gasteiger partial charge >= 0.3 is 0 Å². The third-order valence-corrected chi connectivity index (χ3v) is 6.06. The number of hydrogen-bond acceptors (Lipinski definition) is 7. The number of amides is 2. The van der Waals surface area contributed by atoms with Gasteiger partial charge in [0, 0.05) is 49.4 Å². The second-order valence-corrected chi connectivity index (χ2v) is 8.39. The largest absolute Gasteiger partial charge is 0.368 e. The van der Waals surface area contributed by atoms with Gasteiger partial charge in [0.2, 0.25) is 5.91 Å². The fourth-order valence-corrected chi connectivity index (χ4v) is 3.80. The van der Waals surface area contributed by atoms with Crippen molar-refractivity contribution in [2.75, 3.05) is 31.5 Å². The lowest BCUT2D eigenvalue weighted by Crippen LogP contribution is -2.50. The van der Waals surface area contributed by atoms with Crippen molar-refractivity contribution in [3.8, 4) is 0 Å². The van der Waals surface area contributed by atoms with Gasteiger partial charge in [0.25, 0.3) is 5.91 Å². The molecule has 1 unspecified atom stereocenters. The van der Waals surface area contributed by atoms with Crippen molar-refractivity contribution in [3.05, 3.63) is 59.4 Å². The Morgan fingerprint density at radius 1 is 1.30 bits per heavy atom. The van der Waals surface area contributed by atoms with E-state index < -0.39 is 5.41 Å². The Balaban J connectivity index is 1.36. The van der Waals surface area contributed by atoms with Crippen LogP contribution in [-0.4, -0.2) is 63.8 Å². The average Bonchev–Trinajstić information content (AvgIpc) is 3.33. The molecule has 0 saturated carbocycles. The van der Waals surface area contributed by atoms with E-state index in [0.717, 1.165) is 0 Å². The van der Waals surface area contributed by atoms with Crippen molar-refractivity contribution in [1.29, 1.82) is 0 Å². The molecular weight excluding hydrogens is 425 g/mol. The van der Waals surface area contributed by atoms with Crippen molar-refractivity contribution in [2.24, 2.45) is 4.99 Å². The Hall–Kier alpha value is -3.69. The summed E-state index contributed by atoms with van der Waals surface area (Å²) in [5.74, 6) is -0.118. The molecule has 172 valence electrons. The first-order valence-electron chi connectivity index (χ1n) is 10.9. The molecule has 0 aromatic carbocycles. The second-order valence-electron chi connectivity index (χ2n) is 8.39. The highest BCUT2D eigenvalue weighted by atomic mass is 19.1. The molecule has 2 aliphatic heterocycles. The van der Waals surface area contributed by atoms with Gasteiger partial charge in [-0.2, -0.15) is 0 Å². The monoisotopic (exact) mass is 451 g/mol. The van der Waals surface area contributed by atoms with E-state index in [9.17, 15) is 14.0 Å². The summed E-state index contributed by atoms with van der Waals surface area (Å²) in [5, 5.41) is 14.4. The van der Waals surface area contributed by atoms with Gasteiger partial charge in [-0.1, -0.05) is 13.8 Å². The van der Waals surface area contributed by atoms with Crippen LogP contribution >= 0.6 is 0 Å². The maximum atomic E-state index is 14.3. The summed E-state index contributed by atoms with van der Waals surface area (Å²) >= 11 is 0. The quantitative estimate of drug-likeness (QED) is 0.664. The number of aliphatic imine (C=N–C) groups is 1. The predicted octanol–water partition coefficient (Wildman–Crippen LogP) is 1.83. The van der Waals surface area contributed by atoms with Gasteiger partial charge in [0.1, 0.15) is 17.3 Å². The third kappa shape index (κ3) is 4.89. The van der Waals surface area contributed by atoms with Crippen LogP contribution in [-0.2, 0) is 15.0 Å². The molecule has 0 bridgehead atoms. The maximum Gasteiger partial charge on any atom is 0.252 e. The summed E-state index contributed by atoms with van der Waals surface area (Å²) in [7, 11) is 0. The number of anilines is 1. The highest BCUT2D eigenvalue weighted by Crippen LogP contribution is 2.28. The standard InChI is InChI=1S/C23H26FN7O2/c1-3-23(2,21-16(24)5-4-8-26-21)14-28-19-7-6-17(29-30-19)18-11-15(12-27-18)22(33)31-10-9-25-20(32)13-31/h4-8,12H,3,9-11,13-14H2,1-2H3,(H,25,32)(H,28,30). The molecule has 0 aliphatic carbocycles. The Bertz CT molecular complexity index is 1120. The Morgan fingerprint density at radius 3 is 2.85 bits per heavy atom. The van der Waals surface area contributed by atoms with Gasteiger partial charge in [-0.25, -0.2) is 4.39 Å². The van der Waals surface area contributed by atoms with Crippen LogP contribution in [0.2, 0.25) is 0 Å². The van der Waals surface area contributed by atoms with Crippen molar-refractivity contribution < 1.29 is 14.0 Å². The first-order valence-corrected chi connectivity index (χ1v) is 10.9. The van der Waals surface area contributed by atoms with E-state index in [-0.39, 0.29) is 24.2 Å². The van der Waals surface area contributed by atoms with Crippen molar-refractivity contribution >= 4 is 23.3 Å². The molecule has 1 saturated heterocycles. The fourth-order valence-electron chi connectivity index (χ4n) is 3.80. The van der Waals surface area contributed by atoms with Crippen molar-refractivity contribution in [3.63, 3.8) is 0 Å². The van der Waals surface area contributed by atoms with E-state index in [4.69, 9.17) is 0 Å². The number of carbonyl (C=O) groups is 2. The maximum absolute atomic E-state index is 14.3. The van der Waals surface area contributed by atoms with Crippen LogP contribution < -0.4 is 10.6 Å². The molecule has 2 aliphatic rings.